The number of nitrogens with zero attached hydrogens (tertiary/aromatic N) is 3. The van der Waals surface area contributed by atoms with Gasteiger partial charge in [-0.15, -0.1) is 0 Å². The van der Waals surface area contributed by atoms with E-state index in [2.05, 4.69) is 43.1 Å². The van der Waals surface area contributed by atoms with E-state index in [1.54, 1.807) is 19.1 Å². The third-order valence-electron chi connectivity index (χ3n) is 5.16. The van der Waals surface area contributed by atoms with Crippen molar-refractivity contribution in [2.75, 3.05) is 44.0 Å². The summed E-state index contributed by atoms with van der Waals surface area (Å²) in [6.07, 6.45) is 4.28. The normalized spacial score (nSPS) is 10.8. The van der Waals surface area contributed by atoms with Crippen molar-refractivity contribution >= 4 is 55.9 Å². The molecule has 2 N–H and O–H groups in total. The highest BCUT2D eigenvalue weighted by atomic mass is 79.9. The zero-order valence-corrected chi connectivity index (χ0v) is 22.0. The van der Waals surface area contributed by atoms with Crippen molar-refractivity contribution in [3.05, 3.63) is 59.9 Å². The number of benzene rings is 2. The van der Waals surface area contributed by atoms with Gasteiger partial charge < -0.3 is 20.1 Å². The second kappa shape index (κ2) is 13.6. The van der Waals surface area contributed by atoms with Crippen molar-refractivity contribution in [3.8, 4) is 5.75 Å². The number of ether oxygens (including phenoxy) is 2. The van der Waals surface area contributed by atoms with Crippen LogP contribution in [0.15, 0.2) is 59.9 Å². The second-order valence-corrected chi connectivity index (χ2v) is 8.93. The van der Waals surface area contributed by atoms with Crippen molar-refractivity contribution in [3.63, 3.8) is 0 Å². The van der Waals surface area contributed by atoms with Crippen LogP contribution in [0.2, 0.25) is 0 Å². The highest BCUT2D eigenvalue weighted by Crippen LogP contribution is 2.33. The minimum absolute atomic E-state index is 0.231. The first kappa shape index (κ1) is 27.1. The molecule has 10 heteroatoms. The molecule has 0 fully saturated rings. The maximum atomic E-state index is 12.1. The monoisotopic (exact) mass is 555 g/mol. The molecular weight excluding hydrogens is 526 g/mol. The largest absolute Gasteiger partial charge is 0.491 e. The molecule has 0 saturated heterocycles. The van der Waals surface area contributed by atoms with E-state index in [0.717, 1.165) is 34.9 Å². The van der Waals surface area contributed by atoms with Crippen LogP contribution in [0.5, 0.6) is 5.75 Å². The van der Waals surface area contributed by atoms with E-state index in [9.17, 15) is 9.59 Å². The number of esters is 1. The molecule has 0 aliphatic carbocycles. The van der Waals surface area contributed by atoms with Crippen LogP contribution in [0.25, 0.3) is 10.9 Å². The van der Waals surface area contributed by atoms with Gasteiger partial charge in [-0.25, -0.2) is 9.97 Å². The lowest BCUT2D eigenvalue weighted by molar-refractivity contribution is -0.144. The summed E-state index contributed by atoms with van der Waals surface area (Å²) in [5, 5.41) is 6.84. The van der Waals surface area contributed by atoms with E-state index < -0.39 is 0 Å². The first-order chi connectivity index (χ1) is 17.4. The molecule has 0 aliphatic heterocycles. The van der Waals surface area contributed by atoms with E-state index >= 15 is 0 Å². The molecule has 190 valence electrons. The summed E-state index contributed by atoms with van der Waals surface area (Å²) >= 11 is 3.47. The van der Waals surface area contributed by atoms with Gasteiger partial charge in [0.1, 0.15) is 17.9 Å². The van der Waals surface area contributed by atoms with Gasteiger partial charge in [0.05, 0.1) is 31.0 Å². The van der Waals surface area contributed by atoms with Crippen LogP contribution >= 0.6 is 15.9 Å². The van der Waals surface area contributed by atoms with Gasteiger partial charge in [-0.1, -0.05) is 28.6 Å². The number of unbranched alkanes of at least 4 members (excludes halogenated alkanes) is 1. The van der Waals surface area contributed by atoms with Crippen LogP contribution < -0.4 is 15.4 Å². The number of fused-ring (bicyclic) bond motifs is 1. The van der Waals surface area contributed by atoms with Gasteiger partial charge in [0.25, 0.3) is 0 Å². The average Bonchev–Trinajstić information content (AvgIpc) is 2.84. The number of aromatic nitrogens is 2. The third kappa shape index (κ3) is 8.03. The van der Waals surface area contributed by atoms with E-state index in [0.29, 0.717) is 36.0 Å². The lowest BCUT2D eigenvalue weighted by Crippen LogP contribution is -2.28. The molecule has 9 nitrogen and oxygen atoms in total. The maximum Gasteiger partial charge on any atom is 0.320 e. The molecule has 3 aromatic rings. The zero-order valence-electron chi connectivity index (χ0n) is 20.4. The number of amides is 1. The number of likely N-dealkylation sites (N-methyl/N-ethyl adjacent to an activating group) is 1. The highest BCUT2D eigenvalue weighted by molar-refractivity contribution is 9.10. The summed E-state index contributed by atoms with van der Waals surface area (Å²) in [5.41, 5.74) is 2.02. The maximum absolute atomic E-state index is 12.1. The van der Waals surface area contributed by atoms with Crippen molar-refractivity contribution in [2.45, 2.75) is 19.8 Å². The molecule has 0 saturated carbocycles. The van der Waals surface area contributed by atoms with Gasteiger partial charge in [0.15, 0.2) is 0 Å². The van der Waals surface area contributed by atoms with Gasteiger partial charge in [-0.05, 0) is 63.7 Å². The molecule has 1 aromatic heterocycles. The predicted octanol–water partition coefficient (Wildman–Crippen LogP) is 4.91. The number of rotatable bonds is 13. The molecular formula is C26H30BrN5O4. The Kier molecular flexibility index (Phi) is 10.2. The van der Waals surface area contributed by atoms with Gasteiger partial charge >= 0.3 is 5.97 Å². The minimum atomic E-state index is -0.349. The Morgan fingerprint density at radius 3 is 2.78 bits per heavy atom. The Labute approximate surface area is 219 Å². The summed E-state index contributed by atoms with van der Waals surface area (Å²) in [7, 11) is 1.88. The standard InChI is InChI=1S/C26H30BrN5O4/c1-4-24(33)31-22-14-20-21(28-17-29-26(20)30-19-10-8-9-18(27)13-19)15-23(22)36-12-7-6-11-32(3)16-25(34)35-5-2/h4,8-10,13-15,17H,1,5-7,11-12,16H2,2-3H3,(H,31,33)(H,28,29,30). The zero-order chi connectivity index (χ0) is 25.9. The molecule has 1 amide bonds. The van der Waals surface area contributed by atoms with Crippen LogP contribution in [0, 0.1) is 0 Å². The smallest absolute Gasteiger partial charge is 0.320 e. The number of anilines is 3. The summed E-state index contributed by atoms with van der Waals surface area (Å²) < 4.78 is 11.9. The van der Waals surface area contributed by atoms with Crippen LogP contribution in [0.4, 0.5) is 17.2 Å². The van der Waals surface area contributed by atoms with E-state index in [1.807, 2.05) is 36.2 Å². The number of carbonyl (C=O) groups is 2. The number of halogens is 1. The average molecular weight is 556 g/mol. The highest BCUT2D eigenvalue weighted by Gasteiger charge is 2.13. The van der Waals surface area contributed by atoms with Gasteiger partial charge in [0, 0.05) is 21.6 Å². The first-order valence-corrected chi connectivity index (χ1v) is 12.4. The van der Waals surface area contributed by atoms with Gasteiger partial charge in [-0.3, -0.25) is 14.5 Å². The quantitative estimate of drug-likeness (QED) is 0.174. The summed E-state index contributed by atoms with van der Waals surface area (Å²) in [6, 6.07) is 11.3. The summed E-state index contributed by atoms with van der Waals surface area (Å²) in [5.74, 6) is 0.525. The Morgan fingerprint density at radius 1 is 1.19 bits per heavy atom. The molecule has 1 heterocycles. The Balaban J connectivity index is 1.72. The lowest BCUT2D eigenvalue weighted by Gasteiger charge is -2.16. The van der Waals surface area contributed by atoms with E-state index in [1.165, 1.54) is 12.4 Å². The van der Waals surface area contributed by atoms with E-state index in [-0.39, 0.29) is 18.4 Å². The first-order valence-electron chi connectivity index (χ1n) is 11.6. The Morgan fingerprint density at radius 2 is 2.03 bits per heavy atom. The SMILES string of the molecule is C=CC(=O)Nc1cc2c(Nc3cccc(Br)c3)ncnc2cc1OCCCCN(C)CC(=O)OCC. The third-order valence-corrected chi connectivity index (χ3v) is 5.66. The van der Waals surface area contributed by atoms with Gasteiger partial charge in [-0.2, -0.15) is 0 Å². The van der Waals surface area contributed by atoms with Crippen LogP contribution in [-0.2, 0) is 14.3 Å². The fourth-order valence-electron chi connectivity index (χ4n) is 3.46. The fourth-order valence-corrected chi connectivity index (χ4v) is 3.86. The molecule has 0 aliphatic rings. The van der Waals surface area contributed by atoms with E-state index in [4.69, 9.17) is 9.47 Å². The molecule has 3 rings (SSSR count). The van der Waals surface area contributed by atoms with Crippen molar-refractivity contribution in [1.29, 1.82) is 0 Å². The minimum Gasteiger partial charge on any atom is -0.491 e. The molecule has 2 aromatic carbocycles. The Bertz CT molecular complexity index is 1220. The van der Waals surface area contributed by atoms with Crippen molar-refractivity contribution < 1.29 is 19.1 Å². The number of nitrogens with one attached hydrogen (secondary N) is 2. The van der Waals surface area contributed by atoms with Gasteiger partial charge in [0.2, 0.25) is 5.91 Å². The predicted molar refractivity (Wildman–Crippen MR) is 145 cm³/mol. The topological polar surface area (TPSA) is 106 Å². The molecule has 0 atom stereocenters. The van der Waals surface area contributed by atoms with Crippen molar-refractivity contribution in [2.24, 2.45) is 0 Å². The molecule has 0 spiro atoms. The Hall–Kier alpha value is -3.50. The molecule has 36 heavy (non-hydrogen) atoms. The lowest BCUT2D eigenvalue weighted by atomic mass is 10.1. The number of hydrogen-bond donors (Lipinski definition) is 2. The fraction of sp³-hybridized carbons (Fsp3) is 0.308. The van der Waals surface area contributed by atoms with Crippen LogP contribution in [0.3, 0.4) is 0 Å². The molecule has 0 radical (unpaired) electrons. The van der Waals surface area contributed by atoms with Crippen molar-refractivity contribution in [1.82, 2.24) is 14.9 Å². The summed E-state index contributed by atoms with van der Waals surface area (Å²) in [4.78, 5) is 34.4. The summed E-state index contributed by atoms with van der Waals surface area (Å²) in [6.45, 7) is 7.13. The molecule has 0 bridgehead atoms. The molecule has 0 unspecified atom stereocenters. The second-order valence-electron chi connectivity index (χ2n) is 8.01. The van der Waals surface area contributed by atoms with Crippen LogP contribution in [-0.4, -0.2) is 60.1 Å². The number of hydrogen-bond acceptors (Lipinski definition) is 8. The number of carbonyl (C=O) groups excluding carboxylic acids is 2. The van der Waals surface area contributed by atoms with Crippen LogP contribution in [0.1, 0.15) is 19.8 Å².